The summed E-state index contributed by atoms with van der Waals surface area (Å²) in [6.07, 6.45) is 3.04. The molecule has 274 valence electrons. The normalized spacial score (nSPS) is 21.1. The third kappa shape index (κ3) is 6.83. The van der Waals surface area contributed by atoms with E-state index in [1.54, 1.807) is 42.6 Å². The number of rotatable bonds is 8. The Hall–Kier alpha value is -6.33. The van der Waals surface area contributed by atoms with Gasteiger partial charge in [-0.2, -0.15) is 0 Å². The molecule has 3 aliphatic rings. The molecule has 1 spiro atoms. The highest BCUT2D eigenvalue weighted by Gasteiger charge is 2.55. The molecule has 2 aromatic heterocycles. The summed E-state index contributed by atoms with van der Waals surface area (Å²) in [6.45, 7) is 0.897. The molecule has 4 aromatic carbocycles. The lowest BCUT2D eigenvalue weighted by Gasteiger charge is -2.37. The molecule has 3 atom stereocenters. The number of anilines is 2. The maximum atomic E-state index is 13.6. The van der Waals surface area contributed by atoms with E-state index in [4.69, 9.17) is 9.47 Å². The van der Waals surface area contributed by atoms with Crippen molar-refractivity contribution in [2.45, 2.75) is 43.2 Å². The third-order valence-corrected chi connectivity index (χ3v) is 10.3. The largest absolute Gasteiger partial charge is 0.375 e. The number of aliphatic hydroxyl groups is 1. The van der Waals surface area contributed by atoms with Crippen molar-refractivity contribution in [2.24, 2.45) is 0 Å². The highest BCUT2D eigenvalue weighted by molar-refractivity contribution is 6.10. The van der Waals surface area contributed by atoms with E-state index in [0.717, 1.165) is 28.1 Å². The molecule has 0 bridgehead atoms. The number of pyridine rings is 2. The fourth-order valence-corrected chi connectivity index (χ4v) is 7.56. The van der Waals surface area contributed by atoms with Gasteiger partial charge in [0.1, 0.15) is 18.6 Å². The zero-order chi connectivity index (χ0) is 37.8. The minimum atomic E-state index is -1.89. The van der Waals surface area contributed by atoms with E-state index >= 15 is 0 Å². The number of amides is 2. The number of aromatic nitrogens is 2. The van der Waals surface area contributed by atoms with E-state index in [9.17, 15) is 19.5 Å². The monoisotopic (exact) mass is 730 g/mol. The summed E-state index contributed by atoms with van der Waals surface area (Å²) in [7, 11) is 0. The molecule has 55 heavy (non-hydrogen) atoms. The van der Waals surface area contributed by atoms with Gasteiger partial charge < -0.3 is 24.4 Å². The summed E-state index contributed by atoms with van der Waals surface area (Å²) in [5.74, 6) is -0.901. The minimum absolute atomic E-state index is 0.0400. The second-order valence-corrected chi connectivity index (χ2v) is 13.7. The van der Waals surface area contributed by atoms with Gasteiger partial charge in [0.05, 0.1) is 36.6 Å². The smallest absolute Gasteiger partial charge is 0.264 e. The van der Waals surface area contributed by atoms with Crippen molar-refractivity contribution in [2.75, 3.05) is 16.6 Å². The molecule has 3 aliphatic heterocycles. The highest BCUT2D eigenvalue weighted by Crippen LogP contribution is 2.50. The lowest BCUT2D eigenvalue weighted by Crippen LogP contribution is -2.46. The number of hydrogen-bond donors (Lipinski definition) is 1. The van der Waals surface area contributed by atoms with Crippen LogP contribution in [0.4, 0.5) is 11.4 Å². The van der Waals surface area contributed by atoms with Crippen molar-refractivity contribution in [3.63, 3.8) is 0 Å². The van der Waals surface area contributed by atoms with Gasteiger partial charge in [0.2, 0.25) is 0 Å². The van der Waals surface area contributed by atoms with E-state index in [1.807, 2.05) is 114 Å². The molecule has 1 saturated heterocycles. The number of benzene rings is 4. The van der Waals surface area contributed by atoms with Gasteiger partial charge in [0.15, 0.2) is 17.0 Å². The van der Waals surface area contributed by atoms with Crippen molar-refractivity contribution < 1.29 is 29.0 Å². The highest BCUT2D eigenvalue weighted by atomic mass is 16.7. The maximum Gasteiger partial charge on any atom is 0.264 e. The Balaban J connectivity index is 0.000000155. The molecule has 6 aromatic rings. The van der Waals surface area contributed by atoms with Crippen LogP contribution in [0.3, 0.4) is 0 Å². The summed E-state index contributed by atoms with van der Waals surface area (Å²) >= 11 is 0. The quantitative estimate of drug-likeness (QED) is 0.166. The number of nitrogens with zero attached hydrogens (tertiary/aromatic N) is 4. The third-order valence-electron chi connectivity index (χ3n) is 10.3. The van der Waals surface area contributed by atoms with E-state index in [0.29, 0.717) is 30.8 Å². The van der Waals surface area contributed by atoms with Gasteiger partial charge >= 0.3 is 0 Å². The van der Waals surface area contributed by atoms with Crippen LogP contribution in [0.1, 0.15) is 57.4 Å². The number of fused-ring (bicyclic) bond motifs is 3. The first-order valence-corrected chi connectivity index (χ1v) is 18.1. The fraction of sp³-hybridized carbons (Fsp3) is 0.178. The predicted molar refractivity (Wildman–Crippen MR) is 206 cm³/mol. The first-order chi connectivity index (χ1) is 26.9. The molecule has 0 radical (unpaired) electrons. The number of ketones is 1. The van der Waals surface area contributed by atoms with Crippen molar-refractivity contribution in [3.8, 4) is 0 Å². The summed E-state index contributed by atoms with van der Waals surface area (Å²) in [5, 5.41) is 11.3. The standard InChI is InChI=1S/C23H20N2O3.C22H18N2O3/c26-22-23(14-21(27-16-28-23)19-11-6-7-13-24-19)18-10-4-5-12-20(18)25(22)15-17-8-2-1-3-9-17;25-20(18-11-6-7-13-23-18)14-22(27)17-10-4-5-12-19(17)24(21(22)26)15-16-8-2-1-3-9-16/h1-13,21H,14-16H2;1-13,27H,14-15H2. The van der Waals surface area contributed by atoms with Crippen LogP contribution in [0, 0.1) is 0 Å². The summed E-state index contributed by atoms with van der Waals surface area (Å²) in [6, 6.07) is 45.2. The Morgan fingerprint density at radius 2 is 1.20 bits per heavy atom. The Labute approximate surface area is 318 Å². The first-order valence-electron chi connectivity index (χ1n) is 18.1. The summed E-state index contributed by atoms with van der Waals surface area (Å²) in [4.78, 5) is 51.3. The molecule has 9 rings (SSSR count). The van der Waals surface area contributed by atoms with E-state index < -0.39 is 17.1 Å². The summed E-state index contributed by atoms with van der Waals surface area (Å²) < 4.78 is 11.9. The number of carbonyl (C=O) groups is 3. The second kappa shape index (κ2) is 15.2. The Morgan fingerprint density at radius 3 is 1.82 bits per heavy atom. The van der Waals surface area contributed by atoms with Crippen molar-refractivity contribution in [1.29, 1.82) is 0 Å². The van der Waals surface area contributed by atoms with Gasteiger partial charge in [0.25, 0.3) is 11.8 Å². The Kier molecular flexibility index (Phi) is 9.86. The van der Waals surface area contributed by atoms with Crippen LogP contribution < -0.4 is 9.80 Å². The SMILES string of the molecule is O=C(CC1(O)C(=O)N(Cc2ccccc2)c2ccccc21)c1ccccn1.O=C1N(Cc2ccccc2)c2ccccc2C12CC(c1ccccn1)OCO2. The first kappa shape index (κ1) is 35.7. The zero-order valence-electron chi connectivity index (χ0n) is 29.9. The van der Waals surface area contributed by atoms with E-state index in [2.05, 4.69) is 9.97 Å². The van der Waals surface area contributed by atoms with Crippen molar-refractivity contribution >= 4 is 29.0 Å². The van der Waals surface area contributed by atoms with Crippen molar-refractivity contribution in [3.05, 3.63) is 192 Å². The van der Waals surface area contributed by atoms with Crippen LogP contribution in [-0.4, -0.2) is 39.5 Å². The Bertz CT molecular complexity index is 2310. The van der Waals surface area contributed by atoms with Gasteiger partial charge in [-0.25, -0.2) is 0 Å². The average Bonchev–Trinajstić information content (AvgIpc) is 3.58. The topological polar surface area (TPSA) is 122 Å². The predicted octanol–water partition coefficient (Wildman–Crippen LogP) is 7.05. The van der Waals surface area contributed by atoms with Gasteiger partial charge in [-0.1, -0.05) is 109 Å². The molecular formula is C45H38N4O6. The number of para-hydroxylation sites is 2. The molecule has 1 fully saturated rings. The van der Waals surface area contributed by atoms with E-state index in [-0.39, 0.29) is 36.7 Å². The number of carbonyl (C=O) groups excluding carboxylic acids is 3. The molecule has 10 nitrogen and oxygen atoms in total. The molecule has 1 N–H and O–H groups in total. The number of hydrogen-bond acceptors (Lipinski definition) is 8. The van der Waals surface area contributed by atoms with Gasteiger partial charge in [-0.05, 0) is 47.5 Å². The zero-order valence-corrected chi connectivity index (χ0v) is 29.9. The van der Waals surface area contributed by atoms with Crippen LogP contribution in [0.25, 0.3) is 0 Å². The molecule has 3 unspecified atom stereocenters. The van der Waals surface area contributed by atoms with Crippen LogP contribution >= 0.6 is 0 Å². The van der Waals surface area contributed by atoms with Crippen LogP contribution in [0.15, 0.2) is 158 Å². The average molecular weight is 731 g/mol. The lowest BCUT2D eigenvalue weighted by atomic mass is 9.87. The maximum absolute atomic E-state index is 13.6. The fourth-order valence-electron chi connectivity index (χ4n) is 7.56. The van der Waals surface area contributed by atoms with Crippen LogP contribution in [-0.2, 0) is 43.4 Å². The number of Topliss-reactive ketones (excluding diaryl/α,β-unsaturated/α-hetero) is 1. The van der Waals surface area contributed by atoms with Gasteiger partial charge in [0, 0.05) is 29.9 Å². The molecule has 2 amide bonds. The van der Waals surface area contributed by atoms with Crippen molar-refractivity contribution in [1.82, 2.24) is 9.97 Å². The molecule has 10 heteroatoms. The van der Waals surface area contributed by atoms with Gasteiger partial charge in [-0.15, -0.1) is 0 Å². The molecule has 0 aliphatic carbocycles. The van der Waals surface area contributed by atoms with E-state index in [1.165, 1.54) is 11.1 Å². The molecular weight excluding hydrogens is 693 g/mol. The molecule has 5 heterocycles. The lowest BCUT2D eigenvalue weighted by molar-refractivity contribution is -0.225. The number of ether oxygens (including phenoxy) is 2. The Morgan fingerprint density at radius 1 is 0.655 bits per heavy atom. The van der Waals surface area contributed by atoms with Crippen LogP contribution in [0.5, 0.6) is 0 Å². The summed E-state index contributed by atoms with van der Waals surface area (Å²) in [5.41, 5.74) is 3.04. The second-order valence-electron chi connectivity index (χ2n) is 13.7. The minimum Gasteiger partial charge on any atom is -0.375 e. The molecule has 0 saturated carbocycles. The van der Waals surface area contributed by atoms with Gasteiger partial charge in [-0.3, -0.25) is 24.4 Å². The van der Waals surface area contributed by atoms with Crippen LogP contribution in [0.2, 0.25) is 0 Å².